The van der Waals surface area contributed by atoms with E-state index in [0.717, 1.165) is 0 Å². The smallest absolute Gasteiger partial charge is 0.0540 e. The fourth-order valence-electron chi connectivity index (χ4n) is 2.83. The van der Waals surface area contributed by atoms with Crippen molar-refractivity contribution >= 4 is 14.0 Å². The molecular formula is C23H30Cl2Zr-2. The van der Waals surface area contributed by atoms with Crippen LogP contribution in [-0.2, 0) is 29.7 Å². The molecule has 0 bridgehead atoms. The van der Waals surface area contributed by atoms with E-state index in [1.54, 1.807) is 24.2 Å². The van der Waals surface area contributed by atoms with Crippen molar-refractivity contribution in [3.8, 4) is 0 Å². The largest absolute Gasteiger partial charge is 1.00 e. The van der Waals surface area contributed by atoms with Crippen molar-refractivity contribution in [1.82, 2.24) is 0 Å². The second-order valence-electron chi connectivity index (χ2n) is 7.50. The number of halogens is 2. The molecule has 0 heterocycles. The molecular weight excluding hydrogens is 438 g/mol. The van der Waals surface area contributed by atoms with E-state index >= 15 is 0 Å². The van der Waals surface area contributed by atoms with Gasteiger partial charge in [-0.1, -0.05) is 46.1 Å². The van der Waals surface area contributed by atoms with Gasteiger partial charge in [-0.2, -0.15) is 18.2 Å². The van der Waals surface area contributed by atoms with Crippen molar-refractivity contribution < 1.29 is 49.0 Å². The zero-order valence-electron chi connectivity index (χ0n) is 17.0. The predicted molar refractivity (Wildman–Crippen MR) is 106 cm³/mol. The summed E-state index contributed by atoms with van der Waals surface area (Å²) in [6.07, 6.45) is 0. The Balaban J connectivity index is 0. The summed E-state index contributed by atoms with van der Waals surface area (Å²) in [6, 6.07) is 19.2. The molecule has 3 rings (SSSR count). The summed E-state index contributed by atoms with van der Waals surface area (Å²) >= 11 is 1.55. The van der Waals surface area contributed by atoms with Crippen LogP contribution >= 0.6 is 0 Å². The average molecular weight is 469 g/mol. The standard InChI is InChI=1S/C14H17.C6H7.C3H6.2ClH.Zr/c1-10-9-11-7-5-6-8-12(11)13(10)14(2,3)4;1-6-4-2-3-5-6;1-3-2;;;/h5-9H,1-4H3;2-5H,1H3;1-2H3;2*1H;/q2*-1;;;;+2/p-2. The molecule has 142 valence electrons. The monoisotopic (exact) mass is 466 g/mol. The molecule has 0 unspecified atom stereocenters. The number of hydrogen-bond acceptors (Lipinski definition) is 0. The Morgan fingerprint density at radius 2 is 1.50 bits per heavy atom. The Bertz CT molecular complexity index is 755. The Hall–Kier alpha value is -0.487. The fourth-order valence-corrected chi connectivity index (χ4v) is 2.83. The Morgan fingerprint density at radius 1 is 0.962 bits per heavy atom. The summed E-state index contributed by atoms with van der Waals surface area (Å²) in [5.74, 6) is 0. The van der Waals surface area contributed by atoms with Gasteiger partial charge in [0.25, 0.3) is 0 Å². The molecule has 0 aliphatic rings. The van der Waals surface area contributed by atoms with Crippen LogP contribution in [0.4, 0.5) is 0 Å². The first-order valence-corrected chi connectivity index (χ1v) is 9.71. The summed E-state index contributed by atoms with van der Waals surface area (Å²) in [4.78, 5) is 0. The summed E-state index contributed by atoms with van der Waals surface area (Å²) < 4.78 is 1.51. The van der Waals surface area contributed by atoms with Crippen LogP contribution in [0.1, 0.15) is 51.3 Å². The molecule has 3 aromatic carbocycles. The molecule has 3 aromatic rings. The van der Waals surface area contributed by atoms with Gasteiger partial charge in [0.05, 0.1) is 0 Å². The summed E-state index contributed by atoms with van der Waals surface area (Å²) in [6.45, 7) is 15.4. The van der Waals surface area contributed by atoms with Gasteiger partial charge in [-0.3, -0.25) is 0 Å². The predicted octanol–water partition coefficient (Wildman–Crippen LogP) is 0.632. The second-order valence-corrected chi connectivity index (χ2v) is 9.96. The molecule has 0 atom stereocenters. The Morgan fingerprint density at radius 3 is 1.88 bits per heavy atom. The van der Waals surface area contributed by atoms with Gasteiger partial charge in [0, 0.05) is 0 Å². The topological polar surface area (TPSA) is 0 Å². The molecule has 0 N–H and O–H groups in total. The SMILES string of the molecule is C[C](C)=[Zr+2].Cc1[cH-]c2ccccc2c1C(C)(C)C.Cc1cc[cH-]c1.[Cl-].[Cl-]. The van der Waals surface area contributed by atoms with Crippen molar-refractivity contribution in [2.75, 3.05) is 0 Å². The van der Waals surface area contributed by atoms with Gasteiger partial charge < -0.3 is 24.8 Å². The fraction of sp³-hybridized carbons (Fsp3) is 0.348. The van der Waals surface area contributed by atoms with Gasteiger partial charge >= 0.3 is 41.3 Å². The zero-order valence-corrected chi connectivity index (χ0v) is 20.9. The van der Waals surface area contributed by atoms with Crippen LogP contribution in [0.15, 0.2) is 54.6 Å². The number of benzene rings is 1. The first-order valence-electron chi connectivity index (χ1n) is 8.48. The van der Waals surface area contributed by atoms with Crippen molar-refractivity contribution in [1.29, 1.82) is 0 Å². The minimum Gasteiger partial charge on any atom is -1.00 e. The van der Waals surface area contributed by atoms with E-state index in [2.05, 4.69) is 90.9 Å². The van der Waals surface area contributed by atoms with Crippen molar-refractivity contribution in [3.05, 3.63) is 71.3 Å². The van der Waals surface area contributed by atoms with Crippen LogP contribution < -0.4 is 24.8 Å². The molecule has 0 aliphatic heterocycles. The number of rotatable bonds is 0. The van der Waals surface area contributed by atoms with Crippen LogP contribution in [0.25, 0.3) is 10.8 Å². The Labute approximate surface area is 187 Å². The summed E-state index contributed by atoms with van der Waals surface area (Å²) in [5, 5.41) is 2.78. The number of hydrogen-bond donors (Lipinski definition) is 0. The molecule has 0 amide bonds. The molecule has 26 heavy (non-hydrogen) atoms. The van der Waals surface area contributed by atoms with Gasteiger partial charge in [-0.05, 0) is 0 Å². The normalized spacial score (nSPS) is 9.73. The van der Waals surface area contributed by atoms with Crippen molar-refractivity contribution in [2.24, 2.45) is 0 Å². The third kappa shape index (κ3) is 9.45. The minimum absolute atomic E-state index is 0. The molecule has 0 saturated heterocycles. The van der Waals surface area contributed by atoms with E-state index in [-0.39, 0.29) is 30.2 Å². The molecule has 3 heteroatoms. The van der Waals surface area contributed by atoms with Crippen LogP contribution in [0.3, 0.4) is 0 Å². The molecule has 0 spiro atoms. The third-order valence-electron chi connectivity index (χ3n) is 3.58. The van der Waals surface area contributed by atoms with Gasteiger partial charge in [0.2, 0.25) is 0 Å². The molecule has 0 saturated carbocycles. The second kappa shape index (κ2) is 12.8. The summed E-state index contributed by atoms with van der Waals surface area (Å²) in [5.41, 5.74) is 4.49. The first kappa shape index (κ1) is 27.7. The quantitative estimate of drug-likeness (QED) is 0.425. The van der Waals surface area contributed by atoms with E-state index < -0.39 is 0 Å². The molecule has 0 fully saturated rings. The zero-order chi connectivity index (χ0) is 18.3. The molecule has 0 aliphatic carbocycles. The first-order chi connectivity index (χ1) is 11.1. The number of aryl methyl sites for hydroxylation is 2. The maximum Gasteiger partial charge on any atom is -0.0540 e. The van der Waals surface area contributed by atoms with E-state index in [0.29, 0.717) is 0 Å². The van der Waals surface area contributed by atoms with E-state index in [1.165, 1.54) is 30.7 Å². The van der Waals surface area contributed by atoms with Gasteiger partial charge in [0.15, 0.2) is 0 Å². The number of fused-ring (bicyclic) bond motifs is 1. The van der Waals surface area contributed by atoms with Crippen molar-refractivity contribution in [2.45, 2.75) is 53.9 Å². The minimum atomic E-state index is 0. The Kier molecular flexibility index (Phi) is 13.7. The summed E-state index contributed by atoms with van der Waals surface area (Å²) in [7, 11) is 0. The van der Waals surface area contributed by atoms with E-state index in [9.17, 15) is 0 Å². The van der Waals surface area contributed by atoms with Crippen molar-refractivity contribution in [3.63, 3.8) is 0 Å². The molecule has 0 nitrogen and oxygen atoms in total. The van der Waals surface area contributed by atoms with Crippen LogP contribution in [-0.4, -0.2) is 3.21 Å². The molecule has 0 aromatic heterocycles. The maximum atomic E-state index is 2.29. The van der Waals surface area contributed by atoms with Crippen LogP contribution in [0.2, 0.25) is 0 Å². The average Bonchev–Trinajstić information content (AvgIpc) is 3.03. The third-order valence-corrected chi connectivity index (χ3v) is 3.58. The molecule has 0 radical (unpaired) electrons. The van der Waals surface area contributed by atoms with E-state index in [4.69, 9.17) is 0 Å². The van der Waals surface area contributed by atoms with Gasteiger partial charge in [-0.15, -0.1) is 46.2 Å². The van der Waals surface area contributed by atoms with Gasteiger partial charge in [-0.25, -0.2) is 11.6 Å². The van der Waals surface area contributed by atoms with Crippen LogP contribution in [0.5, 0.6) is 0 Å². The maximum absolute atomic E-state index is 2.29. The van der Waals surface area contributed by atoms with E-state index in [1.807, 2.05) is 12.1 Å². The van der Waals surface area contributed by atoms with Crippen LogP contribution in [0, 0.1) is 13.8 Å². The van der Waals surface area contributed by atoms with Gasteiger partial charge in [0.1, 0.15) is 0 Å².